The molecule has 4 rings (SSSR count). The van der Waals surface area contributed by atoms with Crippen molar-refractivity contribution in [3.05, 3.63) is 64.3 Å². The number of carbonyl (C=O) groups is 1. The summed E-state index contributed by atoms with van der Waals surface area (Å²) >= 11 is 0. The van der Waals surface area contributed by atoms with Crippen LogP contribution in [0.5, 0.6) is 0 Å². The molecule has 2 aromatic carbocycles. The van der Waals surface area contributed by atoms with E-state index in [1.54, 1.807) is 18.2 Å². The third kappa shape index (κ3) is 3.80. The number of fused-ring (bicyclic) bond motifs is 1. The van der Waals surface area contributed by atoms with Gasteiger partial charge in [0.15, 0.2) is 5.43 Å². The van der Waals surface area contributed by atoms with Gasteiger partial charge in [-0.25, -0.2) is 0 Å². The quantitative estimate of drug-likeness (QED) is 0.674. The summed E-state index contributed by atoms with van der Waals surface area (Å²) < 4.78 is 0. The monoisotopic (exact) mass is 360 g/mol. The van der Waals surface area contributed by atoms with Crippen LogP contribution in [0.25, 0.3) is 22.2 Å². The topological polar surface area (TPSA) is 62.0 Å². The molecule has 0 radical (unpaired) electrons. The highest BCUT2D eigenvalue weighted by molar-refractivity contribution is 5.92. The first-order valence-corrected chi connectivity index (χ1v) is 9.65. The van der Waals surface area contributed by atoms with Crippen LogP contribution in [0.15, 0.2) is 53.3 Å². The highest BCUT2D eigenvalue weighted by Crippen LogP contribution is 2.33. The summed E-state index contributed by atoms with van der Waals surface area (Å²) in [5.74, 6) is 0.524. The van der Waals surface area contributed by atoms with Gasteiger partial charge in [0.05, 0.1) is 0 Å². The number of anilines is 1. The fourth-order valence-electron chi connectivity index (χ4n) is 4.05. The molecule has 27 heavy (non-hydrogen) atoms. The molecular formula is C23H24N2O2. The first kappa shape index (κ1) is 17.5. The van der Waals surface area contributed by atoms with E-state index in [-0.39, 0.29) is 11.3 Å². The highest BCUT2D eigenvalue weighted by atomic mass is 16.1. The normalized spacial score (nSPS) is 15.0. The summed E-state index contributed by atoms with van der Waals surface area (Å²) in [6.45, 7) is 1.45. The Morgan fingerprint density at radius 1 is 1.00 bits per heavy atom. The summed E-state index contributed by atoms with van der Waals surface area (Å²) in [5.41, 5.74) is 4.58. The fraction of sp³-hybridized carbons (Fsp3) is 0.304. The lowest BCUT2D eigenvalue weighted by Gasteiger charge is -2.22. The average Bonchev–Trinajstić information content (AvgIpc) is 2.69. The summed E-state index contributed by atoms with van der Waals surface area (Å²) in [4.78, 5) is 27.2. The Morgan fingerprint density at radius 2 is 1.74 bits per heavy atom. The maximum atomic E-state index is 12.6. The molecule has 0 saturated heterocycles. The number of aromatic nitrogens is 1. The molecule has 1 amide bonds. The zero-order valence-electron chi connectivity index (χ0n) is 15.5. The van der Waals surface area contributed by atoms with Crippen molar-refractivity contribution in [2.24, 2.45) is 0 Å². The van der Waals surface area contributed by atoms with Crippen LogP contribution in [0.3, 0.4) is 0 Å². The standard InChI is InChI=1S/C23H24N2O2/c1-15(26)24-19-11-12-21-20(13-19)23(27)14-22(25-21)18-9-7-17(8-10-18)16-5-3-2-4-6-16/h7-14,16H,2-6H2,1H3,(H,24,26)(H,25,27). The molecule has 0 atom stereocenters. The van der Waals surface area contributed by atoms with Gasteiger partial charge in [0.2, 0.25) is 5.91 Å². The second-order valence-electron chi connectivity index (χ2n) is 7.45. The molecule has 1 aromatic heterocycles. The number of carbonyl (C=O) groups excluding carboxylic acids is 1. The van der Waals surface area contributed by atoms with E-state index < -0.39 is 0 Å². The Morgan fingerprint density at radius 3 is 2.44 bits per heavy atom. The van der Waals surface area contributed by atoms with Crippen molar-refractivity contribution in [2.45, 2.75) is 44.9 Å². The van der Waals surface area contributed by atoms with E-state index in [0.29, 0.717) is 17.0 Å². The Labute approximate surface area is 158 Å². The van der Waals surface area contributed by atoms with Crippen LogP contribution in [-0.4, -0.2) is 10.9 Å². The smallest absolute Gasteiger partial charge is 0.221 e. The number of hydrogen-bond acceptors (Lipinski definition) is 2. The van der Waals surface area contributed by atoms with Crippen molar-refractivity contribution in [3.63, 3.8) is 0 Å². The van der Waals surface area contributed by atoms with E-state index in [9.17, 15) is 9.59 Å². The van der Waals surface area contributed by atoms with Gasteiger partial charge in [0, 0.05) is 35.3 Å². The highest BCUT2D eigenvalue weighted by Gasteiger charge is 2.15. The zero-order valence-corrected chi connectivity index (χ0v) is 15.5. The molecular weight excluding hydrogens is 336 g/mol. The van der Waals surface area contributed by atoms with Crippen LogP contribution in [0.2, 0.25) is 0 Å². The van der Waals surface area contributed by atoms with Gasteiger partial charge in [-0.1, -0.05) is 43.5 Å². The van der Waals surface area contributed by atoms with Crippen molar-refractivity contribution in [2.75, 3.05) is 5.32 Å². The van der Waals surface area contributed by atoms with E-state index >= 15 is 0 Å². The van der Waals surface area contributed by atoms with Crippen molar-refractivity contribution >= 4 is 22.5 Å². The van der Waals surface area contributed by atoms with Crippen LogP contribution in [0.4, 0.5) is 5.69 Å². The van der Waals surface area contributed by atoms with E-state index in [0.717, 1.165) is 16.8 Å². The lowest BCUT2D eigenvalue weighted by molar-refractivity contribution is -0.114. The summed E-state index contributed by atoms with van der Waals surface area (Å²) in [5, 5.41) is 3.29. The van der Waals surface area contributed by atoms with Crippen LogP contribution in [-0.2, 0) is 4.79 Å². The molecule has 4 heteroatoms. The van der Waals surface area contributed by atoms with Gasteiger partial charge in [-0.3, -0.25) is 9.59 Å². The Hall–Kier alpha value is -2.88. The summed E-state index contributed by atoms with van der Waals surface area (Å²) in [6, 6.07) is 15.6. The molecule has 1 heterocycles. The first-order valence-electron chi connectivity index (χ1n) is 9.65. The van der Waals surface area contributed by atoms with Crippen LogP contribution < -0.4 is 10.7 Å². The van der Waals surface area contributed by atoms with Gasteiger partial charge in [0.1, 0.15) is 0 Å². The molecule has 1 fully saturated rings. The molecule has 0 spiro atoms. The summed E-state index contributed by atoms with van der Waals surface area (Å²) in [7, 11) is 0. The molecule has 1 saturated carbocycles. The molecule has 1 aliphatic rings. The predicted molar refractivity (Wildman–Crippen MR) is 110 cm³/mol. The van der Waals surface area contributed by atoms with Crippen molar-refractivity contribution in [1.29, 1.82) is 0 Å². The van der Waals surface area contributed by atoms with Gasteiger partial charge in [-0.05, 0) is 48.1 Å². The number of H-pyrrole nitrogens is 1. The molecule has 1 aliphatic carbocycles. The van der Waals surface area contributed by atoms with Crippen LogP contribution >= 0.6 is 0 Å². The molecule has 0 unspecified atom stereocenters. The molecule has 2 N–H and O–H groups in total. The SMILES string of the molecule is CC(=O)Nc1ccc2[nH]c(-c3ccc(C4CCCCC4)cc3)cc(=O)c2c1. The lowest BCUT2D eigenvalue weighted by atomic mass is 9.84. The first-order chi connectivity index (χ1) is 13.1. The van der Waals surface area contributed by atoms with Crippen molar-refractivity contribution in [3.8, 4) is 11.3 Å². The number of rotatable bonds is 3. The third-order valence-electron chi connectivity index (χ3n) is 5.45. The largest absolute Gasteiger partial charge is 0.354 e. The number of aromatic amines is 1. The maximum absolute atomic E-state index is 12.6. The Balaban J connectivity index is 1.65. The molecule has 0 bridgehead atoms. The number of benzene rings is 2. The van der Waals surface area contributed by atoms with Crippen molar-refractivity contribution < 1.29 is 4.79 Å². The van der Waals surface area contributed by atoms with Crippen LogP contribution in [0, 0.1) is 0 Å². The molecule has 3 aromatic rings. The van der Waals surface area contributed by atoms with E-state index in [4.69, 9.17) is 0 Å². The van der Waals surface area contributed by atoms with E-state index in [2.05, 4.69) is 34.6 Å². The average molecular weight is 360 g/mol. The minimum absolute atomic E-state index is 0.0534. The van der Waals surface area contributed by atoms with Gasteiger partial charge < -0.3 is 10.3 Å². The van der Waals surface area contributed by atoms with Crippen LogP contribution in [0.1, 0.15) is 50.5 Å². The Kier molecular flexibility index (Phi) is 4.80. The number of hydrogen-bond donors (Lipinski definition) is 2. The third-order valence-corrected chi connectivity index (χ3v) is 5.45. The van der Waals surface area contributed by atoms with E-state index in [1.807, 2.05) is 6.07 Å². The molecule has 0 aliphatic heterocycles. The van der Waals surface area contributed by atoms with Gasteiger partial charge in [-0.2, -0.15) is 0 Å². The second kappa shape index (κ2) is 7.39. The van der Waals surface area contributed by atoms with Gasteiger partial charge >= 0.3 is 0 Å². The van der Waals surface area contributed by atoms with Crippen molar-refractivity contribution in [1.82, 2.24) is 4.98 Å². The minimum atomic E-state index is -0.152. The summed E-state index contributed by atoms with van der Waals surface area (Å²) in [6.07, 6.45) is 6.57. The fourth-order valence-corrected chi connectivity index (χ4v) is 4.05. The Bertz CT molecular complexity index is 1030. The maximum Gasteiger partial charge on any atom is 0.221 e. The predicted octanol–water partition coefficient (Wildman–Crippen LogP) is 5.20. The lowest BCUT2D eigenvalue weighted by Crippen LogP contribution is -2.08. The number of amides is 1. The zero-order chi connectivity index (χ0) is 18.8. The van der Waals surface area contributed by atoms with Gasteiger partial charge in [-0.15, -0.1) is 0 Å². The number of pyridine rings is 1. The molecule has 4 nitrogen and oxygen atoms in total. The van der Waals surface area contributed by atoms with E-state index in [1.165, 1.54) is 44.6 Å². The minimum Gasteiger partial charge on any atom is -0.354 e. The number of nitrogens with one attached hydrogen (secondary N) is 2. The molecule has 138 valence electrons. The van der Waals surface area contributed by atoms with Gasteiger partial charge in [0.25, 0.3) is 0 Å². The second-order valence-corrected chi connectivity index (χ2v) is 7.45.